The summed E-state index contributed by atoms with van der Waals surface area (Å²) < 4.78 is 83.2. The monoisotopic (exact) mass is 493 g/mol. The summed E-state index contributed by atoms with van der Waals surface area (Å²) in [6, 6.07) is 10.4. The molecule has 0 aliphatic heterocycles. The van der Waals surface area contributed by atoms with Crippen LogP contribution in [0, 0.1) is 18.2 Å². The molecule has 1 aliphatic rings. The SMILES string of the molecule is Cc1nnc2nc(N(CC(F)F)c3cccc(CCC4(C(F)(F)F)CC4)c3)c3cc(F)ccc3n12. The van der Waals surface area contributed by atoms with Crippen molar-refractivity contribution in [2.45, 2.75) is 45.2 Å². The molecule has 2 heterocycles. The molecule has 35 heavy (non-hydrogen) atoms. The third kappa shape index (κ3) is 4.28. The summed E-state index contributed by atoms with van der Waals surface area (Å²) in [5, 5.41) is 8.26. The summed E-state index contributed by atoms with van der Waals surface area (Å²) in [5.41, 5.74) is -0.256. The zero-order valence-corrected chi connectivity index (χ0v) is 18.7. The minimum Gasteiger partial charge on any atom is -0.320 e. The predicted molar refractivity (Wildman–Crippen MR) is 118 cm³/mol. The smallest absolute Gasteiger partial charge is 0.320 e. The van der Waals surface area contributed by atoms with Crippen molar-refractivity contribution >= 4 is 28.2 Å². The molecule has 184 valence electrons. The Morgan fingerprint density at radius 3 is 2.54 bits per heavy atom. The number of anilines is 2. The van der Waals surface area contributed by atoms with Gasteiger partial charge in [-0.3, -0.25) is 4.40 Å². The number of aromatic nitrogens is 4. The predicted octanol–water partition coefficient (Wildman–Crippen LogP) is 6.40. The van der Waals surface area contributed by atoms with Gasteiger partial charge in [0.1, 0.15) is 17.5 Å². The molecule has 0 saturated heterocycles. The van der Waals surface area contributed by atoms with Crippen LogP contribution in [0.1, 0.15) is 30.7 Å². The average Bonchev–Trinajstić information content (AvgIpc) is 3.53. The van der Waals surface area contributed by atoms with Crippen molar-refractivity contribution in [3.8, 4) is 0 Å². The quantitative estimate of drug-likeness (QED) is 0.280. The van der Waals surface area contributed by atoms with E-state index < -0.39 is 30.4 Å². The fourth-order valence-corrected chi connectivity index (χ4v) is 4.49. The number of hydrogen-bond donors (Lipinski definition) is 0. The van der Waals surface area contributed by atoms with Crippen LogP contribution in [-0.2, 0) is 6.42 Å². The van der Waals surface area contributed by atoms with Gasteiger partial charge in [0, 0.05) is 11.1 Å². The van der Waals surface area contributed by atoms with Gasteiger partial charge in [-0.15, -0.1) is 10.2 Å². The van der Waals surface area contributed by atoms with Crippen LogP contribution in [0.4, 0.5) is 37.8 Å². The molecule has 0 unspecified atom stereocenters. The minimum atomic E-state index is -4.26. The van der Waals surface area contributed by atoms with Crippen LogP contribution in [0.3, 0.4) is 0 Å². The molecule has 0 N–H and O–H groups in total. The second kappa shape index (κ2) is 8.39. The Morgan fingerprint density at radius 1 is 1.09 bits per heavy atom. The van der Waals surface area contributed by atoms with Gasteiger partial charge >= 0.3 is 6.18 Å². The molecule has 0 spiro atoms. The van der Waals surface area contributed by atoms with Crippen LogP contribution in [-0.4, -0.2) is 38.7 Å². The number of aryl methyl sites for hydroxylation is 2. The third-order valence-electron chi connectivity index (χ3n) is 6.60. The molecule has 2 aromatic heterocycles. The molecule has 0 bridgehead atoms. The normalized spacial score (nSPS) is 15.3. The first-order valence-corrected chi connectivity index (χ1v) is 11.1. The van der Waals surface area contributed by atoms with Crippen molar-refractivity contribution in [2.75, 3.05) is 11.4 Å². The van der Waals surface area contributed by atoms with Crippen LogP contribution in [0.2, 0.25) is 0 Å². The molecular formula is C24H21F6N5. The lowest BCUT2D eigenvalue weighted by Crippen LogP contribution is -2.26. The molecule has 1 fully saturated rings. The van der Waals surface area contributed by atoms with Crippen molar-refractivity contribution in [1.29, 1.82) is 0 Å². The summed E-state index contributed by atoms with van der Waals surface area (Å²) in [6.45, 7) is 0.940. The summed E-state index contributed by atoms with van der Waals surface area (Å²) in [6.07, 6.45) is -6.72. The molecule has 4 aromatic rings. The topological polar surface area (TPSA) is 46.3 Å². The molecule has 1 aliphatic carbocycles. The van der Waals surface area contributed by atoms with E-state index in [1.54, 1.807) is 35.6 Å². The minimum absolute atomic E-state index is 0.0609. The van der Waals surface area contributed by atoms with E-state index in [-0.39, 0.29) is 42.7 Å². The molecule has 1 saturated carbocycles. The molecule has 0 radical (unpaired) electrons. The van der Waals surface area contributed by atoms with Crippen LogP contribution in [0.5, 0.6) is 0 Å². The van der Waals surface area contributed by atoms with Crippen molar-refractivity contribution in [1.82, 2.24) is 19.6 Å². The second-order valence-electron chi connectivity index (χ2n) is 8.93. The maximum Gasteiger partial charge on any atom is 0.394 e. The highest BCUT2D eigenvalue weighted by molar-refractivity contribution is 5.93. The molecule has 0 atom stereocenters. The van der Waals surface area contributed by atoms with E-state index in [1.165, 1.54) is 23.1 Å². The lowest BCUT2D eigenvalue weighted by atomic mass is 9.96. The Bertz CT molecular complexity index is 1390. The van der Waals surface area contributed by atoms with Crippen LogP contribution in [0.25, 0.3) is 16.7 Å². The number of rotatable bonds is 7. The third-order valence-corrected chi connectivity index (χ3v) is 6.60. The van der Waals surface area contributed by atoms with Crippen LogP contribution < -0.4 is 4.90 Å². The number of halogens is 6. The highest BCUT2D eigenvalue weighted by Crippen LogP contribution is 2.60. The molecular weight excluding hydrogens is 472 g/mol. The number of benzene rings is 2. The Morgan fingerprint density at radius 2 is 1.86 bits per heavy atom. The Labute approximate surface area is 196 Å². The van der Waals surface area contributed by atoms with Crippen LogP contribution >= 0.6 is 0 Å². The van der Waals surface area contributed by atoms with E-state index in [0.717, 1.165) is 0 Å². The maximum absolute atomic E-state index is 14.2. The van der Waals surface area contributed by atoms with Gasteiger partial charge in [0.25, 0.3) is 12.2 Å². The largest absolute Gasteiger partial charge is 0.394 e. The first-order valence-electron chi connectivity index (χ1n) is 11.1. The Balaban J connectivity index is 1.58. The van der Waals surface area contributed by atoms with Crippen molar-refractivity contribution in [3.63, 3.8) is 0 Å². The number of fused-ring (bicyclic) bond motifs is 3. The lowest BCUT2D eigenvalue weighted by Gasteiger charge is -2.26. The van der Waals surface area contributed by atoms with Gasteiger partial charge in [-0.2, -0.15) is 18.2 Å². The van der Waals surface area contributed by atoms with E-state index in [9.17, 15) is 26.3 Å². The average molecular weight is 493 g/mol. The van der Waals surface area contributed by atoms with E-state index >= 15 is 0 Å². The van der Waals surface area contributed by atoms with Gasteiger partial charge in [0.15, 0.2) is 0 Å². The summed E-state index contributed by atoms with van der Waals surface area (Å²) in [5.74, 6) is 0.147. The Hall–Kier alpha value is -3.37. The zero-order valence-electron chi connectivity index (χ0n) is 18.7. The van der Waals surface area contributed by atoms with Gasteiger partial charge in [-0.25, -0.2) is 13.2 Å². The number of hydrogen-bond acceptors (Lipinski definition) is 4. The first kappa shape index (κ1) is 23.4. The maximum atomic E-state index is 14.2. The van der Waals surface area contributed by atoms with E-state index in [1.807, 2.05) is 0 Å². The molecule has 2 aromatic carbocycles. The fourth-order valence-electron chi connectivity index (χ4n) is 4.49. The summed E-state index contributed by atoms with van der Waals surface area (Å²) in [7, 11) is 0. The lowest BCUT2D eigenvalue weighted by molar-refractivity contribution is -0.188. The van der Waals surface area contributed by atoms with E-state index in [2.05, 4.69) is 15.2 Å². The van der Waals surface area contributed by atoms with Crippen molar-refractivity contribution in [3.05, 3.63) is 59.7 Å². The number of nitrogens with zero attached hydrogens (tertiary/aromatic N) is 5. The summed E-state index contributed by atoms with van der Waals surface area (Å²) >= 11 is 0. The van der Waals surface area contributed by atoms with Gasteiger partial charge < -0.3 is 4.90 Å². The molecule has 11 heteroatoms. The van der Waals surface area contributed by atoms with E-state index in [0.29, 0.717) is 22.6 Å². The standard InChI is InChI=1S/C24H21F6N5/c1-14-32-33-22-31-21(18-12-16(25)5-6-19(18)35(14)22)34(13-20(26)27)17-4-2-3-15(11-17)7-8-23(9-10-23)24(28,29)30/h2-6,11-12,20H,7-10,13H2,1H3. The molecule has 5 rings (SSSR count). The first-order chi connectivity index (χ1) is 16.6. The second-order valence-corrected chi connectivity index (χ2v) is 8.93. The van der Waals surface area contributed by atoms with Gasteiger partial charge in [0.05, 0.1) is 17.5 Å². The summed E-state index contributed by atoms with van der Waals surface area (Å²) in [4.78, 5) is 5.67. The van der Waals surface area contributed by atoms with Gasteiger partial charge in [0.2, 0.25) is 0 Å². The van der Waals surface area contributed by atoms with Crippen LogP contribution in [0.15, 0.2) is 42.5 Å². The highest BCUT2D eigenvalue weighted by atomic mass is 19.4. The Kier molecular flexibility index (Phi) is 5.60. The zero-order chi connectivity index (χ0) is 25.0. The van der Waals surface area contributed by atoms with Crippen molar-refractivity contribution < 1.29 is 26.3 Å². The molecule has 5 nitrogen and oxygen atoms in total. The molecule has 0 amide bonds. The van der Waals surface area contributed by atoms with Gasteiger partial charge in [-0.05, 0) is 68.5 Å². The van der Waals surface area contributed by atoms with Gasteiger partial charge in [-0.1, -0.05) is 12.1 Å². The number of alkyl halides is 5. The van der Waals surface area contributed by atoms with E-state index in [4.69, 9.17) is 0 Å². The fraction of sp³-hybridized carbons (Fsp3) is 0.375. The van der Waals surface area contributed by atoms with Crippen molar-refractivity contribution in [2.24, 2.45) is 5.41 Å². The highest BCUT2D eigenvalue weighted by Gasteiger charge is 2.62.